The van der Waals surface area contributed by atoms with Gasteiger partial charge in [-0.25, -0.2) is 15.0 Å². The van der Waals surface area contributed by atoms with E-state index in [1.165, 1.54) is 0 Å². The third kappa shape index (κ3) is 4.11. The lowest BCUT2D eigenvalue weighted by atomic mass is 9.76. The lowest BCUT2D eigenvalue weighted by Gasteiger charge is -2.33. The molecule has 9 nitrogen and oxygen atoms in total. The van der Waals surface area contributed by atoms with Crippen LogP contribution in [0.2, 0.25) is 0 Å². The monoisotopic (exact) mass is 452 g/mol. The first-order valence-corrected chi connectivity index (χ1v) is 9.80. The van der Waals surface area contributed by atoms with Crippen molar-refractivity contribution >= 4 is 45.6 Å². The number of nitrogens with zero attached hydrogens (tertiary/aromatic N) is 1. The van der Waals surface area contributed by atoms with Crippen molar-refractivity contribution in [1.82, 2.24) is 15.8 Å². The Morgan fingerprint density at radius 1 is 1.25 bits per heavy atom. The zero-order valence-electron chi connectivity index (χ0n) is 15.3. The zero-order valence-corrected chi connectivity index (χ0v) is 16.9. The second-order valence-electron chi connectivity index (χ2n) is 6.75. The van der Waals surface area contributed by atoms with Gasteiger partial charge in [-0.3, -0.25) is 9.59 Å². The molecule has 3 rings (SSSR count). The van der Waals surface area contributed by atoms with Gasteiger partial charge in [-0.15, -0.1) is 0 Å². The Hall–Kier alpha value is -2.62. The Balaban J connectivity index is 1.60. The summed E-state index contributed by atoms with van der Waals surface area (Å²) in [4.78, 5) is 49.1. The van der Waals surface area contributed by atoms with Crippen molar-refractivity contribution < 1.29 is 23.9 Å². The minimum atomic E-state index is -1.09. The topological polar surface area (TPSA) is 117 Å². The lowest BCUT2D eigenvalue weighted by molar-refractivity contribution is -0.150. The van der Waals surface area contributed by atoms with Gasteiger partial charge in [0.1, 0.15) is 5.54 Å². The van der Waals surface area contributed by atoms with E-state index < -0.39 is 23.5 Å². The molecular formula is C18H21BrN4O5. The Morgan fingerprint density at radius 2 is 1.89 bits per heavy atom. The van der Waals surface area contributed by atoms with Crippen LogP contribution in [-0.2, 0) is 14.3 Å². The Bertz CT molecular complexity index is 790. The molecule has 5 amide bonds. The van der Waals surface area contributed by atoms with Gasteiger partial charge in [0, 0.05) is 10.2 Å². The number of ether oxygens (including phenoxy) is 1. The van der Waals surface area contributed by atoms with Crippen LogP contribution in [0, 0.1) is 5.92 Å². The molecule has 0 unspecified atom stereocenters. The van der Waals surface area contributed by atoms with Crippen LogP contribution in [0.1, 0.15) is 32.6 Å². The quantitative estimate of drug-likeness (QED) is 0.479. The highest BCUT2D eigenvalue weighted by Crippen LogP contribution is 2.36. The van der Waals surface area contributed by atoms with Gasteiger partial charge in [0.15, 0.2) is 0 Å². The number of rotatable bonds is 4. The van der Waals surface area contributed by atoms with E-state index in [0.717, 1.165) is 4.47 Å². The van der Waals surface area contributed by atoms with Crippen molar-refractivity contribution in [2.45, 2.75) is 38.1 Å². The predicted octanol–water partition coefficient (Wildman–Crippen LogP) is 2.53. The fourth-order valence-corrected chi connectivity index (χ4v) is 3.73. The fraction of sp³-hybridized carbons (Fsp3) is 0.444. The van der Waals surface area contributed by atoms with Gasteiger partial charge in [0.2, 0.25) is 0 Å². The van der Waals surface area contributed by atoms with Crippen LogP contribution < -0.4 is 16.1 Å². The fourth-order valence-electron chi connectivity index (χ4n) is 3.46. The van der Waals surface area contributed by atoms with Crippen LogP contribution in [0.4, 0.5) is 15.3 Å². The molecule has 10 heteroatoms. The van der Waals surface area contributed by atoms with E-state index in [9.17, 15) is 19.2 Å². The SMILES string of the molecule is CCOC(=O)C1CCC2(CC1)NC(=O)N(NC(=O)Nc1ccc(Br)cc1)C2=O. The molecule has 0 radical (unpaired) electrons. The van der Waals surface area contributed by atoms with E-state index in [1.54, 1.807) is 31.2 Å². The number of carbonyl (C=O) groups excluding carboxylic acids is 4. The summed E-state index contributed by atoms with van der Waals surface area (Å²) in [5, 5.41) is 5.93. The van der Waals surface area contributed by atoms with Gasteiger partial charge < -0.3 is 15.4 Å². The average Bonchev–Trinajstić information content (AvgIpc) is 2.88. The molecule has 1 aliphatic carbocycles. The van der Waals surface area contributed by atoms with Crippen LogP contribution in [0.3, 0.4) is 0 Å². The number of hydrogen-bond donors (Lipinski definition) is 3. The van der Waals surface area contributed by atoms with E-state index in [0.29, 0.717) is 43.0 Å². The second-order valence-corrected chi connectivity index (χ2v) is 7.67. The summed E-state index contributed by atoms with van der Waals surface area (Å²) in [6.07, 6.45) is 1.49. The number of nitrogens with one attached hydrogen (secondary N) is 3. The number of carbonyl (C=O) groups is 4. The van der Waals surface area contributed by atoms with Crippen molar-refractivity contribution in [3.05, 3.63) is 28.7 Å². The predicted molar refractivity (Wildman–Crippen MR) is 103 cm³/mol. The molecule has 150 valence electrons. The molecule has 28 heavy (non-hydrogen) atoms. The molecule has 1 saturated carbocycles. The summed E-state index contributed by atoms with van der Waals surface area (Å²) < 4.78 is 5.88. The van der Waals surface area contributed by atoms with Crippen molar-refractivity contribution in [1.29, 1.82) is 0 Å². The van der Waals surface area contributed by atoms with Gasteiger partial charge in [-0.2, -0.15) is 5.01 Å². The Labute approximate surface area is 170 Å². The average molecular weight is 453 g/mol. The first-order chi connectivity index (χ1) is 13.3. The van der Waals surface area contributed by atoms with E-state index >= 15 is 0 Å². The van der Waals surface area contributed by atoms with Crippen molar-refractivity contribution in [2.75, 3.05) is 11.9 Å². The minimum absolute atomic E-state index is 0.280. The number of anilines is 1. The first kappa shape index (κ1) is 20.1. The van der Waals surface area contributed by atoms with Crippen LogP contribution in [0.25, 0.3) is 0 Å². The van der Waals surface area contributed by atoms with Crippen molar-refractivity contribution in [3.63, 3.8) is 0 Å². The molecule has 1 spiro atoms. The van der Waals surface area contributed by atoms with Gasteiger partial charge in [-0.05, 0) is 56.9 Å². The molecule has 1 aromatic carbocycles. The third-order valence-electron chi connectivity index (χ3n) is 4.94. The van der Waals surface area contributed by atoms with Gasteiger partial charge in [0.05, 0.1) is 12.5 Å². The molecule has 1 heterocycles. The van der Waals surface area contributed by atoms with E-state index in [-0.39, 0.29) is 11.9 Å². The minimum Gasteiger partial charge on any atom is -0.466 e. The molecule has 1 saturated heterocycles. The Morgan fingerprint density at radius 3 is 2.50 bits per heavy atom. The third-order valence-corrected chi connectivity index (χ3v) is 5.46. The summed E-state index contributed by atoms with van der Waals surface area (Å²) in [7, 11) is 0. The highest BCUT2D eigenvalue weighted by molar-refractivity contribution is 9.10. The molecule has 1 aromatic rings. The number of urea groups is 2. The number of benzene rings is 1. The van der Waals surface area contributed by atoms with Crippen LogP contribution in [-0.4, -0.2) is 41.1 Å². The summed E-state index contributed by atoms with van der Waals surface area (Å²) in [5.41, 5.74) is 1.70. The zero-order chi connectivity index (χ0) is 20.3. The maximum Gasteiger partial charge on any atom is 0.344 e. The molecular weight excluding hydrogens is 432 g/mol. The molecule has 2 aliphatic rings. The summed E-state index contributed by atoms with van der Waals surface area (Å²) in [6, 6.07) is 5.45. The number of hydrazine groups is 1. The van der Waals surface area contributed by atoms with E-state index in [1.807, 2.05) is 0 Å². The molecule has 3 N–H and O–H groups in total. The summed E-state index contributed by atoms with van der Waals surface area (Å²) in [5.74, 6) is -1.08. The Kier molecular flexibility index (Phi) is 5.87. The van der Waals surface area contributed by atoms with Crippen LogP contribution in [0.15, 0.2) is 28.7 Å². The van der Waals surface area contributed by atoms with E-state index in [4.69, 9.17) is 4.74 Å². The normalized spacial score (nSPS) is 24.1. The summed E-state index contributed by atoms with van der Waals surface area (Å²) in [6.45, 7) is 2.05. The van der Waals surface area contributed by atoms with E-state index in [2.05, 4.69) is 32.0 Å². The largest absolute Gasteiger partial charge is 0.466 e. The highest BCUT2D eigenvalue weighted by atomic mass is 79.9. The maximum absolute atomic E-state index is 12.8. The van der Waals surface area contributed by atoms with Gasteiger partial charge in [-0.1, -0.05) is 15.9 Å². The van der Waals surface area contributed by atoms with Crippen molar-refractivity contribution in [3.8, 4) is 0 Å². The molecule has 0 atom stereocenters. The summed E-state index contributed by atoms with van der Waals surface area (Å²) >= 11 is 3.30. The molecule has 0 aromatic heterocycles. The number of amides is 5. The maximum atomic E-state index is 12.8. The smallest absolute Gasteiger partial charge is 0.344 e. The van der Waals surface area contributed by atoms with Crippen LogP contribution in [0.5, 0.6) is 0 Å². The standard InChI is InChI=1S/C18H21BrN4O5/c1-2-28-14(24)11-7-9-18(10-8-11)15(25)23(17(27)21-18)22-16(26)20-13-5-3-12(19)4-6-13/h3-6,11H,2,7-10H2,1H3,(H,21,27)(H2,20,22,26). The lowest BCUT2D eigenvalue weighted by Crippen LogP contribution is -2.52. The number of imide groups is 1. The molecule has 1 aliphatic heterocycles. The van der Waals surface area contributed by atoms with Crippen LogP contribution >= 0.6 is 15.9 Å². The van der Waals surface area contributed by atoms with Gasteiger partial charge in [0.25, 0.3) is 5.91 Å². The number of halogens is 1. The second kappa shape index (κ2) is 8.17. The highest BCUT2D eigenvalue weighted by Gasteiger charge is 2.54. The molecule has 2 fully saturated rings. The first-order valence-electron chi connectivity index (χ1n) is 9.01. The molecule has 0 bridgehead atoms. The van der Waals surface area contributed by atoms with Gasteiger partial charge >= 0.3 is 18.0 Å². The number of hydrogen-bond acceptors (Lipinski definition) is 5. The van der Waals surface area contributed by atoms with Crippen molar-refractivity contribution in [2.24, 2.45) is 5.92 Å². The number of esters is 1.